The maximum atomic E-state index is 13.0. The Hall–Kier alpha value is -2.60. The molecule has 6 rings (SSSR count). The average Bonchev–Trinajstić information content (AvgIpc) is 2.97. The van der Waals surface area contributed by atoms with E-state index in [1.807, 2.05) is 0 Å². The normalized spacial score (nSPS) is 45.3. The summed E-state index contributed by atoms with van der Waals surface area (Å²) in [4.78, 5) is 26.0. The van der Waals surface area contributed by atoms with Gasteiger partial charge in [0.2, 0.25) is 0 Å². The van der Waals surface area contributed by atoms with Crippen molar-refractivity contribution in [1.82, 2.24) is 0 Å². The van der Waals surface area contributed by atoms with Crippen molar-refractivity contribution in [1.29, 1.82) is 0 Å². The molecule has 5 aliphatic carbocycles. The second-order valence-electron chi connectivity index (χ2n) is 17.0. The minimum Gasteiger partial charge on any atom is -0.508 e. The maximum absolute atomic E-state index is 13.0. The summed E-state index contributed by atoms with van der Waals surface area (Å²) in [6.45, 7) is 16.2. The summed E-state index contributed by atoms with van der Waals surface area (Å²) in [5.41, 5.74) is 0.857. The van der Waals surface area contributed by atoms with Crippen molar-refractivity contribution in [3.05, 3.63) is 47.6 Å². The number of ether oxygens (including phenoxy) is 1. The second kappa shape index (κ2) is 10.7. The first-order valence-electron chi connectivity index (χ1n) is 17.3. The van der Waals surface area contributed by atoms with Crippen molar-refractivity contribution >= 4 is 18.0 Å². The van der Waals surface area contributed by atoms with Crippen molar-refractivity contribution in [2.24, 2.45) is 56.7 Å². The van der Waals surface area contributed by atoms with Crippen LogP contribution in [0.15, 0.2) is 42.0 Å². The van der Waals surface area contributed by atoms with E-state index in [1.165, 1.54) is 11.6 Å². The van der Waals surface area contributed by atoms with Crippen molar-refractivity contribution in [2.45, 2.75) is 112 Å². The Bertz CT molecular complexity index is 1410. The van der Waals surface area contributed by atoms with Crippen molar-refractivity contribution in [2.75, 3.05) is 0 Å². The van der Waals surface area contributed by atoms with Gasteiger partial charge < -0.3 is 20.1 Å². The minimum atomic E-state index is -0.780. The lowest BCUT2D eigenvalue weighted by Gasteiger charge is -2.71. The molecule has 0 spiro atoms. The van der Waals surface area contributed by atoms with Crippen LogP contribution < -0.4 is 0 Å². The Labute approximate surface area is 269 Å². The predicted octanol–water partition coefficient (Wildman–Crippen LogP) is 8.03. The predicted molar refractivity (Wildman–Crippen MR) is 175 cm³/mol. The summed E-state index contributed by atoms with van der Waals surface area (Å²) < 4.78 is 6.05. The van der Waals surface area contributed by atoms with E-state index in [-0.39, 0.29) is 33.8 Å². The third-order valence-electron chi connectivity index (χ3n) is 14.9. The monoisotopic (exact) mass is 618 g/mol. The van der Waals surface area contributed by atoms with Gasteiger partial charge in [0.05, 0.1) is 11.5 Å². The molecule has 3 N–H and O–H groups in total. The number of rotatable bonds is 4. The van der Waals surface area contributed by atoms with E-state index < -0.39 is 35.0 Å². The van der Waals surface area contributed by atoms with E-state index in [1.54, 1.807) is 30.3 Å². The van der Waals surface area contributed by atoms with E-state index >= 15 is 0 Å². The highest BCUT2D eigenvalue weighted by atomic mass is 16.6. The van der Waals surface area contributed by atoms with Gasteiger partial charge in [-0.15, -0.1) is 0 Å². The number of aromatic hydroxyl groups is 1. The van der Waals surface area contributed by atoms with E-state index in [2.05, 4.69) is 54.5 Å². The van der Waals surface area contributed by atoms with Gasteiger partial charge in [0.25, 0.3) is 0 Å². The Balaban J connectivity index is 1.29. The van der Waals surface area contributed by atoms with E-state index in [0.717, 1.165) is 50.5 Å². The zero-order valence-corrected chi connectivity index (χ0v) is 28.3. The standard InChI is InChI=1S/C39H54O6/c1-23-16-19-39(34(43)44)21-20-37(6)27(32(39)24(23)2)13-14-30-36(5)22-28(41)33(35(3,4)29(36)17-18-38(30,37)7)45-31(42)15-10-25-8-11-26(40)12-9-25/h8-13,15,23-24,28-30,32-33,40-41H,14,16-22H2,1-7H3,(H,43,44)/b15-10-/t23-,24+,28-,29+,30-,32+,33+,36+,37-,38-,39+/m1/s1. The van der Waals surface area contributed by atoms with Gasteiger partial charge in [0, 0.05) is 11.5 Å². The fourth-order valence-corrected chi connectivity index (χ4v) is 12.1. The van der Waals surface area contributed by atoms with Crippen LogP contribution >= 0.6 is 0 Å². The largest absolute Gasteiger partial charge is 0.508 e. The third-order valence-corrected chi connectivity index (χ3v) is 14.9. The number of carbonyl (C=O) groups excluding carboxylic acids is 1. The topological polar surface area (TPSA) is 104 Å². The van der Waals surface area contributed by atoms with Crippen molar-refractivity contribution in [3.63, 3.8) is 0 Å². The van der Waals surface area contributed by atoms with Crippen LogP contribution in [0.4, 0.5) is 0 Å². The Morgan fingerprint density at radius 2 is 1.62 bits per heavy atom. The first kappa shape index (κ1) is 32.3. The zero-order valence-electron chi connectivity index (χ0n) is 28.3. The zero-order chi connectivity index (χ0) is 32.7. The van der Waals surface area contributed by atoms with Crippen LogP contribution in [0.1, 0.15) is 105 Å². The van der Waals surface area contributed by atoms with Crippen LogP contribution in [0, 0.1) is 56.7 Å². The van der Waals surface area contributed by atoms with Gasteiger partial charge in [-0.1, -0.05) is 72.2 Å². The highest BCUT2D eigenvalue weighted by Crippen LogP contribution is 2.75. The molecule has 0 aliphatic heterocycles. The fourth-order valence-electron chi connectivity index (χ4n) is 12.1. The summed E-state index contributed by atoms with van der Waals surface area (Å²) in [6, 6.07) is 6.62. The summed E-state index contributed by atoms with van der Waals surface area (Å²) >= 11 is 0. The molecule has 0 unspecified atom stereocenters. The molecule has 0 radical (unpaired) electrons. The number of carboxylic acid groups (broad SMARTS) is 1. The van der Waals surface area contributed by atoms with Gasteiger partial charge in [-0.3, -0.25) is 4.79 Å². The van der Waals surface area contributed by atoms with E-state index in [0.29, 0.717) is 24.2 Å². The Kier molecular flexibility index (Phi) is 7.70. The van der Waals surface area contributed by atoms with Crippen LogP contribution in [0.5, 0.6) is 5.75 Å². The molecule has 4 fully saturated rings. The average molecular weight is 619 g/mol. The number of benzene rings is 1. The van der Waals surface area contributed by atoms with Gasteiger partial charge in [0.1, 0.15) is 11.9 Å². The molecule has 0 heterocycles. The van der Waals surface area contributed by atoms with Gasteiger partial charge in [-0.05, 0) is 121 Å². The third kappa shape index (κ3) is 4.58. The van der Waals surface area contributed by atoms with Crippen LogP contribution in [-0.2, 0) is 14.3 Å². The molecule has 246 valence electrons. The fraction of sp³-hybridized carbons (Fsp3) is 0.692. The molecule has 0 amide bonds. The number of phenolic OH excluding ortho intramolecular Hbond substituents is 1. The molecule has 1 aromatic carbocycles. The number of hydrogen-bond acceptors (Lipinski definition) is 5. The molecular formula is C39H54O6. The second-order valence-corrected chi connectivity index (χ2v) is 17.0. The lowest BCUT2D eigenvalue weighted by molar-refractivity contribution is -0.238. The SMILES string of the molecule is C[C@H]1[C@H](C)CC[C@]2(C(=O)O)CC[C@]3(C)C(=CC[C@@H]4[C@@]5(C)C[C@@H](O)[C@H](OC(=O)/C=C\c6ccc(O)cc6)C(C)(C)[C@@H]5CC[C@]43C)[C@H]12. The minimum absolute atomic E-state index is 0.0143. The van der Waals surface area contributed by atoms with Crippen molar-refractivity contribution in [3.8, 4) is 5.75 Å². The summed E-state index contributed by atoms with van der Waals surface area (Å²) in [6.07, 6.45) is 11.1. The lowest BCUT2D eigenvalue weighted by Crippen LogP contribution is -2.67. The number of aliphatic hydroxyl groups is 1. The van der Waals surface area contributed by atoms with Crippen LogP contribution in [0.3, 0.4) is 0 Å². The molecular weight excluding hydrogens is 564 g/mol. The number of carbonyl (C=O) groups is 2. The molecule has 45 heavy (non-hydrogen) atoms. The molecule has 1 aromatic rings. The number of hydrogen-bond donors (Lipinski definition) is 3. The molecule has 4 saturated carbocycles. The molecule has 11 atom stereocenters. The van der Waals surface area contributed by atoms with Crippen molar-refractivity contribution < 1.29 is 29.6 Å². The number of aliphatic carboxylic acids is 1. The molecule has 0 bridgehead atoms. The maximum Gasteiger partial charge on any atom is 0.331 e. The van der Waals surface area contributed by atoms with Crippen LogP contribution in [-0.4, -0.2) is 39.5 Å². The first-order valence-corrected chi connectivity index (χ1v) is 17.3. The molecule has 0 aromatic heterocycles. The number of esters is 1. The van der Waals surface area contributed by atoms with Gasteiger partial charge in [-0.2, -0.15) is 0 Å². The number of carboxylic acids is 1. The molecule has 5 aliphatic rings. The number of phenols is 1. The molecule has 6 nitrogen and oxygen atoms in total. The number of allylic oxidation sites excluding steroid dienone is 2. The van der Waals surface area contributed by atoms with Crippen LogP contribution in [0.25, 0.3) is 6.08 Å². The van der Waals surface area contributed by atoms with Gasteiger partial charge in [-0.25, -0.2) is 4.79 Å². The highest BCUT2D eigenvalue weighted by Gasteiger charge is 2.70. The Morgan fingerprint density at radius 3 is 2.29 bits per heavy atom. The summed E-state index contributed by atoms with van der Waals surface area (Å²) in [5, 5.41) is 32.0. The molecule has 0 saturated heterocycles. The van der Waals surface area contributed by atoms with Gasteiger partial charge in [0.15, 0.2) is 0 Å². The quantitative estimate of drug-likeness (QED) is 0.179. The lowest BCUT2D eigenvalue weighted by atomic mass is 9.33. The number of aliphatic hydroxyl groups excluding tert-OH is 1. The van der Waals surface area contributed by atoms with E-state index in [4.69, 9.17) is 4.74 Å². The summed E-state index contributed by atoms with van der Waals surface area (Å²) in [7, 11) is 0. The number of fused-ring (bicyclic) bond motifs is 7. The van der Waals surface area contributed by atoms with E-state index in [9.17, 15) is 24.9 Å². The highest BCUT2D eigenvalue weighted by molar-refractivity contribution is 5.87. The molecule has 6 heteroatoms. The van der Waals surface area contributed by atoms with Crippen LogP contribution in [0.2, 0.25) is 0 Å². The Morgan fingerprint density at radius 1 is 0.933 bits per heavy atom. The smallest absolute Gasteiger partial charge is 0.331 e. The van der Waals surface area contributed by atoms with Gasteiger partial charge >= 0.3 is 11.9 Å². The summed E-state index contributed by atoms with van der Waals surface area (Å²) in [5.74, 6) is 0.617. The first-order chi connectivity index (χ1) is 21.0.